The van der Waals surface area contributed by atoms with Crippen molar-refractivity contribution in [1.29, 1.82) is 0 Å². The second kappa shape index (κ2) is 5.89. The zero-order valence-corrected chi connectivity index (χ0v) is 12.8. The summed E-state index contributed by atoms with van der Waals surface area (Å²) < 4.78 is 27.0. The molecule has 2 rings (SSSR count). The van der Waals surface area contributed by atoms with Crippen LogP contribution in [0.1, 0.15) is 19.3 Å². The highest BCUT2D eigenvalue weighted by Crippen LogP contribution is 2.35. The van der Waals surface area contributed by atoms with Gasteiger partial charge in [0, 0.05) is 12.5 Å². The lowest BCUT2D eigenvalue weighted by atomic mass is 10.1. The van der Waals surface area contributed by atoms with Crippen molar-refractivity contribution in [2.45, 2.75) is 30.2 Å². The maximum atomic E-state index is 12.3. The molecule has 0 aromatic heterocycles. The monoisotopic (exact) mass is 336 g/mol. The third-order valence-electron chi connectivity index (χ3n) is 3.12. The summed E-state index contributed by atoms with van der Waals surface area (Å²) in [6, 6.07) is 3.59. The largest absolute Gasteiger partial charge is 0.370 e. The van der Waals surface area contributed by atoms with E-state index in [9.17, 15) is 13.2 Å². The Labute approximate surface area is 127 Å². The molecule has 1 aliphatic rings. The molecular formula is C12H14Cl2N2O3S. The minimum atomic E-state index is -3.75. The summed E-state index contributed by atoms with van der Waals surface area (Å²) in [5.41, 5.74) is 5.15. The van der Waals surface area contributed by atoms with Gasteiger partial charge in [-0.2, -0.15) is 0 Å². The van der Waals surface area contributed by atoms with Crippen LogP contribution in [0.2, 0.25) is 10.0 Å². The molecule has 0 unspecified atom stereocenters. The standard InChI is InChI=1S/C12H14Cl2N2O3S/c13-9-4-3-8(5-10(9)14)20(18,19)16-11(6-12(15)17)7-1-2-7/h3-5,7,11,16H,1-2,6H2,(H2,15,17)/t11-/m0/s1. The lowest BCUT2D eigenvalue weighted by Crippen LogP contribution is -2.39. The highest BCUT2D eigenvalue weighted by Gasteiger charge is 2.35. The molecule has 0 aliphatic heterocycles. The molecule has 8 heteroatoms. The van der Waals surface area contributed by atoms with Crippen LogP contribution in [0.25, 0.3) is 0 Å². The first-order valence-corrected chi connectivity index (χ1v) is 8.29. The minimum absolute atomic E-state index is 0.00871. The molecule has 1 amide bonds. The fraction of sp³-hybridized carbons (Fsp3) is 0.417. The summed E-state index contributed by atoms with van der Waals surface area (Å²) in [5, 5.41) is 0.439. The van der Waals surface area contributed by atoms with Crippen molar-refractivity contribution in [1.82, 2.24) is 4.72 Å². The highest BCUT2D eigenvalue weighted by atomic mass is 35.5. The Balaban J connectivity index is 2.20. The Morgan fingerprint density at radius 3 is 2.50 bits per heavy atom. The van der Waals surface area contributed by atoms with E-state index in [4.69, 9.17) is 28.9 Å². The van der Waals surface area contributed by atoms with Crippen molar-refractivity contribution in [3.05, 3.63) is 28.2 Å². The number of nitrogens with two attached hydrogens (primary N) is 1. The van der Waals surface area contributed by atoms with Gasteiger partial charge in [0.15, 0.2) is 0 Å². The normalized spacial score (nSPS) is 16.9. The van der Waals surface area contributed by atoms with E-state index in [1.807, 2.05) is 0 Å². The third kappa shape index (κ3) is 3.85. The molecule has 110 valence electrons. The molecule has 20 heavy (non-hydrogen) atoms. The number of amides is 1. The van der Waals surface area contributed by atoms with Crippen molar-refractivity contribution in [2.75, 3.05) is 0 Å². The van der Waals surface area contributed by atoms with Gasteiger partial charge in [0.05, 0.1) is 14.9 Å². The molecule has 1 aliphatic carbocycles. The van der Waals surface area contributed by atoms with E-state index in [0.717, 1.165) is 12.8 Å². The number of carbonyl (C=O) groups is 1. The van der Waals surface area contributed by atoms with Crippen LogP contribution in [-0.2, 0) is 14.8 Å². The van der Waals surface area contributed by atoms with Crippen LogP contribution in [0, 0.1) is 5.92 Å². The van der Waals surface area contributed by atoms with Gasteiger partial charge in [-0.3, -0.25) is 4.79 Å². The van der Waals surface area contributed by atoms with Gasteiger partial charge in [-0.25, -0.2) is 13.1 Å². The number of sulfonamides is 1. The van der Waals surface area contributed by atoms with E-state index >= 15 is 0 Å². The first kappa shape index (κ1) is 15.6. The fourth-order valence-electron chi connectivity index (χ4n) is 1.93. The van der Waals surface area contributed by atoms with Crippen molar-refractivity contribution in [2.24, 2.45) is 11.7 Å². The number of halogens is 2. The van der Waals surface area contributed by atoms with E-state index in [1.165, 1.54) is 18.2 Å². The molecule has 1 atom stereocenters. The molecule has 0 heterocycles. The highest BCUT2D eigenvalue weighted by molar-refractivity contribution is 7.89. The van der Waals surface area contributed by atoms with E-state index in [-0.39, 0.29) is 27.3 Å². The topological polar surface area (TPSA) is 89.3 Å². The molecule has 3 N–H and O–H groups in total. The number of primary amides is 1. The molecule has 1 aromatic carbocycles. The maximum absolute atomic E-state index is 12.3. The molecule has 0 bridgehead atoms. The third-order valence-corrected chi connectivity index (χ3v) is 5.35. The summed E-state index contributed by atoms with van der Waals surface area (Å²) in [6.45, 7) is 0. The molecule has 1 fully saturated rings. The molecular weight excluding hydrogens is 323 g/mol. The number of rotatable bonds is 6. The van der Waals surface area contributed by atoms with Crippen molar-refractivity contribution in [3.8, 4) is 0 Å². The van der Waals surface area contributed by atoms with Gasteiger partial charge in [-0.15, -0.1) is 0 Å². The first-order chi connectivity index (χ1) is 9.29. The van der Waals surface area contributed by atoms with E-state index in [1.54, 1.807) is 0 Å². The van der Waals surface area contributed by atoms with Gasteiger partial charge in [-0.05, 0) is 37.0 Å². The predicted octanol–water partition coefficient (Wildman–Crippen LogP) is 1.93. The fourth-order valence-corrected chi connectivity index (χ4v) is 3.62. The number of hydrogen-bond donors (Lipinski definition) is 2. The summed E-state index contributed by atoms with van der Waals surface area (Å²) >= 11 is 11.6. The van der Waals surface area contributed by atoms with Crippen LogP contribution in [0.15, 0.2) is 23.1 Å². The summed E-state index contributed by atoms with van der Waals surface area (Å²) in [4.78, 5) is 11.0. The number of nitrogens with one attached hydrogen (secondary N) is 1. The molecule has 1 aromatic rings. The van der Waals surface area contributed by atoms with Gasteiger partial charge in [0.2, 0.25) is 15.9 Å². The van der Waals surface area contributed by atoms with Gasteiger partial charge >= 0.3 is 0 Å². The van der Waals surface area contributed by atoms with Crippen LogP contribution in [0.3, 0.4) is 0 Å². The van der Waals surface area contributed by atoms with Crippen LogP contribution >= 0.6 is 23.2 Å². The van der Waals surface area contributed by atoms with E-state index in [2.05, 4.69) is 4.72 Å². The van der Waals surface area contributed by atoms with Crippen molar-refractivity contribution in [3.63, 3.8) is 0 Å². The summed E-state index contributed by atoms with van der Waals surface area (Å²) in [6.07, 6.45) is 1.77. The average Bonchev–Trinajstić information content (AvgIpc) is 3.14. The molecule has 5 nitrogen and oxygen atoms in total. The Kier molecular flexibility index (Phi) is 4.59. The quantitative estimate of drug-likeness (QED) is 0.831. The lowest BCUT2D eigenvalue weighted by molar-refractivity contribution is -0.118. The van der Waals surface area contributed by atoms with Gasteiger partial charge in [-0.1, -0.05) is 23.2 Å². The second-order valence-corrected chi connectivity index (χ2v) is 7.34. The molecule has 0 radical (unpaired) electrons. The summed E-state index contributed by atoms with van der Waals surface area (Å²) in [7, 11) is -3.75. The number of carbonyl (C=O) groups excluding carboxylic acids is 1. The number of hydrogen-bond acceptors (Lipinski definition) is 3. The number of benzene rings is 1. The van der Waals surface area contributed by atoms with Crippen molar-refractivity contribution < 1.29 is 13.2 Å². The molecule has 1 saturated carbocycles. The minimum Gasteiger partial charge on any atom is -0.370 e. The Morgan fingerprint density at radius 2 is 2.00 bits per heavy atom. The van der Waals surface area contributed by atoms with Gasteiger partial charge in [0.1, 0.15) is 0 Å². The molecule has 0 saturated heterocycles. The predicted molar refractivity (Wildman–Crippen MR) is 77.1 cm³/mol. The lowest BCUT2D eigenvalue weighted by Gasteiger charge is -2.17. The first-order valence-electron chi connectivity index (χ1n) is 6.05. The average molecular weight is 337 g/mol. The van der Waals surface area contributed by atoms with Crippen LogP contribution in [0.5, 0.6) is 0 Å². The van der Waals surface area contributed by atoms with E-state index in [0.29, 0.717) is 0 Å². The van der Waals surface area contributed by atoms with Crippen molar-refractivity contribution >= 4 is 39.1 Å². The molecule has 0 spiro atoms. The zero-order valence-electron chi connectivity index (χ0n) is 10.5. The van der Waals surface area contributed by atoms with Crippen LogP contribution in [-0.4, -0.2) is 20.4 Å². The van der Waals surface area contributed by atoms with Gasteiger partial charge < -0.3 is 5.73 Å². The summed E-state index contributed by atoms with van der Waals surface area (Å²) in [5.74, 6) is -0.362. The maximum Gasteiger partial charge on any atom is 0.240 e. The second-order valence-electron chi connectivity index (χ2n) is 4.81. The SMILES string of the molecule is NC(=O)C[C@H](NS(=O)(=O)c1ccc(Cl)c(Cl)c1)C1CC1. The zero-order chi connectivity index (χ0) is 14.9. The van der Waals surface area contributed by atoms with Gasteiger partial charge in [0.25, 0.3) is 0 Å². The Hall–Kier alpha value is -0.820. The van der Waals surface area contributed by atoms with Crippen LogP contribution in [0.4, 0.5) is 0 Å². The Bertz CT molecular complexity index is 630. The van der Waals surface area contributed by atoms with Crippen LogP contribution < -0.4 is 10.5 Å². The smallest absolute Gasteiger partial charge is 0.240 e. The Morgan fingerprint density at radius 1 is 1.35 bits per heavy atom. The van der Waals surface area contributed by atoms with E-state index < -0.39 is 22.0 Å².